The fourth-order valence-corrected chi connectivity index (χ4v) is 8.78. The third-order valence-electron chi connectivity index (χ3n) is 11.6. The van der Waals surface area contributed by atoms with Crippen molar-refractivity contribution >= 4 is 11.8 Å². The zero-order valence-corrected chi connectivity index (χ0v) is 33.5. The maximum absolute atomic E-state index is 14.0. The molecule has 292 valence electrons. The second-order valence-electron chi connectivity index (χ2n) is 15.9. The molecule has 2 saturated heterocycles. The second-order valence-corrected chi connectivity index (χ2v) is 15.9. The minimum atomic E-state index is -0.345. The molecule has 57 heavy (non-hydrogen) atoms. The molecule has 2 amide bonds. The highest BCUT2D eigenvalue weighted by atomic mass is 16.2. The van der Waals surface area contributed by atoms with Crippen molar-refractivity contribution in [1.29, 1.82) is 0 Å². The van der Waals surface area contributed by atoms with Gasteiger partial charge >= 0.3 is 0 Å². The van der Waals surface area contributed by atoms with Crippen molar-refractivity contribution in [3.05, 3.63) is 144 Å². The first-order chi connectivity index (χ1) is 27.7. The number of H-pyrrole nitrogens is 2. The average Bonchev–Trinajstić information content (AvgIpc) is 4.06. The summed E-state index contributed by atoms with van der Waals surface area (Å²) in [5.74, 6) is 1.89. The van der Waals surface area contributed by atoms with Gasteiger partial charge in [0.2, 0.25) is 11.8 Å². The lowest BCUT2D eigenvalue weighted by Gasteiger charge is -2.31. The van der Waals surface area contributed by atoms with Gasteiger partial charge in [0.1, 0.15) is 23.7 Å². The number of likely N-dealkylation sites (tertiary alicyclic amines) is 2. The highest BCUT2D eigenvalue weighted by molar-refractivity contribution is 5.85. The first-order valence-electron chi connectivity index (χ1n) is 20.0. The van der Waals surface area contributed by atoms with Gasteiger partial charge in [0.25, 0.3) is 0 Å². The number of imidazole rings is 2. The van der Waals surface area contributed by atoms with E-state index in [0.717, 1.165) is 101 Å². The molecule has 1 unspecified atom stereocenters. The van der Waals surface area contributed by atoms with Crippen LogP contribution in [0.15, 0.2) is 115 Å². The van der Waals surface area contributed by atoms with Gasteiger partial charge in [-0.25, -0.2) is 9.97 Å². The van der Waals surface area contributed by atoms with Crippen LogP contribution in [0.3, 0.4) is 0 Å². The number of amides is 2. The number of benzene rings is 4. The molecule has 2 aliphatic heterocycles. The molecule has 2 N–H and O–H groups in total. The molecule has 8 rings (SSSR count). The summed E-state index contributed by atoms with van der Waals surface area (Å²) >= 11 is 0. The van der Waals surface area contributed by atoms with Crippen molar-refractivity contribution in [2.75, 3.05) is 41.3 Å². The lowest BCUT2D eigenvalue weighted by molar-refractivity contribution is -0.138. The van der Waals surface area contributed by atoms with E-state index in [1.54, 1.807) is 0 Å². The van der Waals surface area contributed by atoms with Gasteiger partial charge in [-0.2, -0.15) is 0 Å². The Morgan fingerprint density at radius 1 is 0.614 bits per heavy atom. The van der Waals surface area contributed by atoms with E-state index in [0.29, 0.717) is 0 Å². The largest absolute Gasteiger partial charge is 0.344 e. The van der Waals surface area contributed by atoms with Crippen molar-refractivity contribution in [3.63, 3.8) is 0 Å². The van der Waals surface area contributed by atoms with Crippen LogP contribution in [0.25, 0.3) is 33.6 Å². The zero-order chi connectivity index (χ0) is 39.6. The minimum absolute atomic E-state index is 0.0842. The van der Waals surface area contributed by atoms with Crippen LogP contribution in [0.5, 0.6) is 0 Å². The van der Waals surface area contributed by atoms with Gasteiger partial charge < -0.3 is 19.8 Å². The number of rotatable bonds is 11. The fourth-order valence-electron chi connectivity index (χ4n) is 8.78. The van der Waals surface area contributed by atoms with Crippen LogP contribution >= 0.6 is 0 Å². The number of aromatic amines is 2. The SMILES string of the molecule is Cc1[nH]c([C@@H]2CCCN2C(=O)[C@@H](c2ccccc2)N(C)C)nc1-c1ccc(-c2ccc(-c3cnc(C4CCCN4C(=O)[C@@H](c4ccccc4)N(C)C)[nH]3)cc2)cc1. The molecule has 4 aromatic carbocycles. The third kappa shape index (κ3) is 7.67. The molecular weight excluding hydrogens is 709 g/mol. The van der Waals surface area contributed by atoms with Crippen LogP contribution in [-0.2, 0) is 9.59 Å². The monoisotopic (exact) mass is 760 g/mol. The Labute approximate surface area is 335 Å². The van der Waals surface area contributed by atoms with Gasteiger partial charge in [0.15, 0.2) is 0 Å². The number of carbonyl (C=O) groups excluding carboxylic acids is 2. The van der Waals surface area contributed by atoms with Crippen molar-refractivity contribution < 1.29 is 9.59 Å². The lowest BCUT2D eigenvalue weighted by atomic mass is 10.0. The highest BCUT2D eigenvalue weighted by Crippen LogP contribution is 2.38. The summed E-state index contributed by atoms with van der Waals surface area (Å²) in [6.45, 7) is 3.50. The van der Waals surface area contributed by atoms with Gasteiger partial charge in [0, 0.05) is 24.3 Å². The number of hydrogen-bond donors (Lipinski definition) is 2. The van der Waals surface area contributed by atoms with E-state index in [2.05, 4.69) is 65.4 Å². The number of aromatic nitrogens is 4. The average molecular weight is 761 g/mol. The van der Waals surface area contributed by atoms with Gasteiger partial charge in [-0.15, -0.1) is 0 Å². The van der Waals surface area contributed by atoms with E-state index in [1.165, 1.54) is 0 Å². The van der Waals surface area contributed by atoms with E-state index in [1.807, 2.05) is 115 Å². The topological polar surface area (TPSA) is 104 Å². The number of nitrogens with zero attached hydrogens (tertiary/aromatic N) is 6. The predicted octanol–water partition coefficient (Wildman–Crippen LogP) is 8.38. The first-order valence-corrected chi connectivity index (χ1v) is 20.0. The van der Waals surface area contributed by atoms with E-state index in [-0.39, 0.29) is 36.0 Å². The van der Waals surface area contributed by atoms with Crippen LogP contribution in [0, 0.1) is 6.92 Å². The lowest BCUT2D eigenvalue weighted by Crippen LogP contribution is -2.40. The van der Waals surface area contributed by atoms with E-state index in [4.69, 9.17) is 9.97 Å². The summed E-state index contributed by atoms with van der Waals surface area (Å²) in [6, 6.07) is 36.2. The van der Waals surface area contributed by atoms with Gasteiger partial charge in [-0.05, 0) is 88.6 Å². The third-order valence-corrected chi connectivity index (χ3v) is 11.6. The summed E-state index contributed by atoms with van der Waals surface area (Å²) in [7, 11) is 7.85. The summed E-state index contributed by atoms with van der Waals surface area (Å²) in [6.07, 6.45) is 5.54. The summed E-state index contributed by atoms with van der Waals surface area (Å²) in [4.78, 5) is 52.9. The second kappa shape index (κ2) is 16.3. The molecule has 0 radical (unpaired) electrons. The van der Waals surface area contributed by atoms with Crippen molar-refractivity contribution in [1.82, 2.24) is 39.5 Å². The van der Waals surface area contributed by atoms with Gasteiger partial charge in [0.05, 0.1) is 29.7 Å². The first kappa shape index (κ1) is 38.1. The number of hydrogen-bond acceptors (Lipinski definition) is 6. The van der Waals surface area contributed by atoms with Gasteiger partial charge in [-0.1, -0.05) is 109 Å². The van der Waals surface area contributed by atoms with Crippen LogP contribution in [0.2, 0.25) is 0 Å². The molecule has 0 aliphatic carbocycles. The molecule has 0 bridgehead atoms. The molecule has 4 heterocycles. The highest BCUT2D eigenvalue weighted by Gasteiger charge is 2.38. The molecule has 4 atom stereocenters. The van der Waals surface area contributed by atoms with E-state index in [9.17, 15) is 9.59 Å². The Morgan fingerprint density at radius 2 is 1.07 bits per heavy atom. The smallest absolute Gasteiger partial charge is 0.245 e. The molecule has 10 heteroatoms. The summed E-state index contributed by atoms with van der Waals surface area (Å²) < 4.78 is 0. The standard InChI is InChI=1S/C47H52N8O2/c1-31-41(51-45(49-31)40-19-13-29-55(40)47(57)43(53(4)5)37-16-10-7-11-17-37)35-26-22-33(23-27-35)32-20-24-34(25-21-32)38-30-48-44(50-38)39-18-12-28-54(39)46(56)42(52(2)3)36-14-8-6-9-15-36/h6-11,14-17,20-27,30,39-40,42-43H,12-13,18-19,28-29H2,1-5H3,(H,48,50)(H,49,51)/t39?,40-,42+,43+/m0/s1. The molecule has 10 nitrogen and oxygen atoms in total. The zero-order valence-electron chi connectivity index (χ0n) is 33.5. The van der Waals surface area contributed by atoms with Crippen LogP contribution in [-0.4, -0.2) is 92.6 Å². The van der Waals surface area contributed by atoms with Crippen LogP contribution in [0.4, 0.5) is 0 Å². The molecule has 2 fully saturated rings. The quantitative estimate of drug-likeness (QED) is 0.138. The Kier molecular flexibility index (Phi) is 10.9. The van der Waals surface area contributed by atoms with Crippen molar-refractivity contribution in [2.24, 2.45) is 0 Å². The molecule has 0 spiro atoms. The maximum Gasteiger partial charge on any atom is 0.245 e. The van der Waals surface area contributed by atoms with E-state index >= 15 is 0 Å². The molecule has 0 saturated carbocycles. The molecule has 2 aromatic heterocycles. The Balaban J connectivity index is 0.946. The fraction of sp³-hybridized carbons (Fsp3) is 0.319. The predicted molar refractivity (Wildman–Crippen MR) is 225 cm³/mol. The number of aryl methyl sites for hydroxylation is 1. The maximum atomic E-state index is 14.0. The summed E-state index contributed by atoms with van der Waals surface area (Å²) in [5.41, 5.74) is 9.13. The Hall–Kier alpha value is -5.84. The van der Waals surface area contributed by atoms with Crippen LogP contribution < -0.4 is 0 Å². The molecule has 6 aromatic rings. The number of carbonyl (C=O) groups is 2. The van der Waals surface area contributed by atoms with Gasteiger partial charge in [-0.3, -0.25) is 19.4 Å². The molecular formula is C47H52N8O2. The number of likely N-dealkylation sites (N-methyl/N-ethyl adjacent to an activating group) is 2. The minimum Gasteiger partial charge on any atom is -0.344 e. The molecule has 2 aliphatic rings. The normalized spacial score (nSPS) is 18.1. The summed E-state index contributed by atoms with van der Waals surface area (Å²) in [5, 5.41) is 0. The van der Waals surface area contributed by atoms with E-state index < -0.39 is 0 Å². The van der Waals surface area contributed by atoms with Crippen LogP contribution in [0.1, 0.15) is 78.3 Å². The number of nitrogens with one attached hydrogen (secondary N) is 2. The Bertz CT molecular complexity index is 2300. The Morgan fingerprint density at radius 3 is 1.56 bits per heavy atom. The van der Waals surface area contributed by atoms with Crippen molar-refractivity contribution in [3.8, 4) is 33.6 Å². The van der Waals surface area contributed by atoms with Crippen molar-refractivity contribution in [2.45, 2.75) is 56.8 Å².